The number of hydrazine groups is 1. The third-order valence-corrected chi connectivity index (χ3v) is 3.07. The Labute approximate surface area is 118 Å². The predicted octanol–water partition coefficient (Wildman–Crippen LogP) is 0.921. The van der Waals surface area contributed by atoms with E-state index < -0.39 is 0 Å². The molecule has 0 atom stereocenters. The molecular formula is C11H20ClN7. The number of aromatic nitrogens is 3. The zero-order valence-corrected chi connectivity index (χ0v) is 12.1. The molecule has 1 aliphatic heterocycles. The minimum atomic E-state index is 0.199. The lowest BCUT2D eigenvalue weighted by molar-refractivity contribution is 0.178. The number of nitrogens with zero attached hydrogens (tertiary/aromatic N) is 5. The Morgan fingerprint density at radius 3 is 2.47 bits per heavy atom. The lowest BCUT2D eigenvalue weighted by Crippen LogP contribution is -2.47. The van der Waals surface area contributed by atoms with E-state index >= 15 is 0 Å². The Morgan fingerprint density at radius 1 is 1.11 bits per heavy atom. The standard InChI is InChI=1S/C11H20ClN7/c1-3-4-13-10-14-9(12)15-11(16-10)17-19-7-5-18(2)6-8-19/h3-8H2,1-2H3,(H2,13,14,15,16,17). The van der Waals surface area contributed by atoms with Crippen molar-refractivity contribution < 1.29 is 0 Å². The van der Waals surface area contributed by atoms with Crippen molar-refractivity contribution in [2.75, 3.05) is 50.5 Å². The molecular weight excluding hydrogens is 266 g/mol. The number of likely N-dealkylation sites (N-methyl/N-ethyl adjacent to an activating group) is 1. The van der Waals surface area contributed by atoms with Crippen LogP contribution in [0.3, 0.4) is 0 Å². The van der Waals surface area contributed by atoms with Crippen LogP contribution in [0.25, 0.3) is 0 Å². The highest BCUT2D eigenvalue weighted by Gasteiger charge is 2.15. The number of piperazine rings is 1. The Kier molecular flexibility index (Phi) is 5.12. The van der Waals surface area contributed by atoms with Crippen molar-refractivity contribution in [3.63, 3.8) is 0 Å². The number of hydrogen-bond donors (Lipinski definition) is 2. The van der Waals surface area contributed by atoms with Gasteiger partial charge in [0, 0.05) is 32.7 Å². The molecule has 1 fully saturated rings. The fourth-order valence-electron chi connectivity index (χ4n) is 1.78. The smallest absolute Gasteiger partial charge is 0.243 e. The Balaban J connectivity index is 1.97. The fourth-order valence-corrected chi connectivity index (χ4v) is 1.94. The van der Waals surface area contributed by atoms with Gasteiger partial charge in [0.15, 0.2) is 0 Å². The van der Waals surface area contributed by atoms with E-state index in [-0.39, 0.29) is 5.28 Å². The molecule has 0 saturated carbocycles. The van der Waals surface area contributed by atoms with Crippen molar-refractivity contribution in [2.45, 2.75) is 13.3 Å². The lowest BCUT2D eigenvalue weighted by atomic mass is 10.4. The first-order valence-corrected chi connectivity index (χ1v) is 6.90. The van der Waals surface area contributed by atoms with E-state index in [1.165, 1.54) is 0 Å². The van der Waals surface area contributed by atoms with Crippen LogP contribution in [0.2, 0.25) is 5.28 Å². The second-order valence-corrected chi connectivity index (χ2v) is 4.92. The predicted molar refractivity (Wildman–Crippen MR) is 76.3 cm³/mol. The van der Waals surface area contributed by atoms with Crippen molar-refractivity contribution in [2.24, 2.45) is 0 Å². The van der Waals surface area contributed by atoms with Crippen LogP contribution in [-0.2, 0) is 0 Å². The van der Waals surface area contributed by atoms with Crippen LogP contribution in [0.1, 0.15) is 13.3 Å². The van der Waals surface area contributed by atoms with Gasteiger partial charge >= 0.3 is 0 Å². The normalized spacial score (nSPS) is 17.4. The van der Waals surface area contributed by atoms with Crippen LogP contribution in [0.15, 0.2) is 0 Å². The molecule has 0 spiro atoms. The third-order valence-electron chi connectivity index (χ3n) is 2.90. The van der Waals surface area contributed by atoms with Gasteiger partial charge in [-0.05, 0) is 25.1 Å². The second-order valence-electron chi connectivity index (χ2n) is 4.58. The van der Waals surface area contributed by atoms with E-state index in [4.69, 9.17) is 11.6 Å². The summed E-state index contributed by atoms with van der Waals surface area (Å²) in [4.78, 5) is 14.7. The van der Waals surface area contributed by atoms with Gasteiger partial charge in [0.05, 0.1) is 0 Å². The molecule has 0 unspecified atom stereocenters. The van der Waals surface area contributed by atoms with E-state index in [0.717, 1.165) is 39.1 Å². The number of anilines is 2. The molecule has 0 radical (unpaired) electrons. The average molecular weight is 286 g/mol. The molecule has 1 aromatic rings. The third kappa shape index (κ3) is 4.45. The molecule has 0 bridgehead atoms. The summed E-state index contributed by atoms with van der Waals surface area (Å²) < 4.78 is 0. The number of rotatable bonds is 5. The summed E-state index contributed by atoms with van der Waals surface area (Å²) in [5, 5.41) is 5.40. The van der Waals surface area contributed by atoms with E-state index in [1.54, 1.807) is 0 Å². The first-order chi connectivity index (χ1) is 9.17. The van der Waals surface area contributed by atoms with Gasteiger partial charge in [-0.3, -0.25) is 5.43 Å². The van der Waals surface area contributed by atoms with Gasteiger partial charge in [0.1, 0.15) is 0 Å². The van der Waals surface area contributed by atoms with Gasteiger partial charge in [-0.2, -0.15) is 15.0 Å². The summed E-state index contributed by atoms with van der Waals surface area (Å²) in [5.74, 6) is 1.00. The molecule has 2 N–H and O–H groups in total. The van der Waals surface area contributed by atoms with E-state index in [1.807, 2.05) is 0 Å². The number of halogens is 1. The largest absolute Gasteiger partial charge is 0.354 e. The summed E-state index contributed by atoms with van der Waals surface area (Å²) in [6.45, 7) is 6.79. The zero-order chi connectivity index (χ0) is 13.7. The monoisotopic (exact) mass is 285 g/mol. The molecule has 2 heterocycles. The summed E-state index contributed by atoms with van der Waals surface area (Å²) >= 11 is 5.90. The molecule has 2 rings (SSSR count). The van der Waals surface area contributed by atoms with Gasteiger partial charge < -0.3 is 10.2 Å². The number of nitrogens with one attached hydrogen (secondary N) is 2. The molecule has 0 aliphatic carbocycles. The first kappa shape index (κ1) is 14.2. The highest BCUT2D eigenvalue weighted by molar-refractivity contribution is 6.28. The van der Waals surface area contributed by atoms with Crippen LogP contribution < -0.4 is 10.7 Å². The molecule has 0 amide bonds. The first-order valence-electron chi connectivity index (χ1n) is 6.53. The van der Waals surface area contributed by atoms with Crippen molar-refractivity contribution in [3.8, 4) is 0 Å². The van der Waals surface area contributed by atoms with E-state index in [0.29, 0.717) is 11.9 Å². The minimum Gasteiger partial charge on any atom is -0.354 e. The van der Waals surface area contributed by atoms with Gasteiger partial charge in [-0.25, -0.2) is 5.01 Å². The highest BCUT2D eigenvalue weighted by Crippen LogP contribution is 2.11. The van der Waals surface area contributed by atoms with Gasteiger partial charge in [0.25, 0.3) is 0 Å². The summed E-state index contributed by atoms with van der Waals surface area (Å²) in [6.07, 6.45) is 1.00. The van der Waals surface area contributed by atoms with E-state index in [2.05, 4.69) is 49.6 Å². The van der Waals surface area contributed by atoms with Crippen molar-refractivity contribution in [3.05, 3.63) is 5.28 Å². The average Bonchev–Trinajstić information content (AvgIpc) is 2.38. The van der Waals surface area contributed by atoms with Crippen LogP contribution in [-0.4, -0.2) is 64.6 Å². The van der Waals surface area contributed by atoms with Crippen LogP contribution in [0, 0.1) is 0 Å². The second kappa shape index (κ2) is 6.83. The molecule has 1 aliphatic rings. The summed E-state index contributed by atoms with van der Waals surface area (Å²) in [6, 6.07) is 0. The highest BCUT2D eigenvalue weighted by atomic mass is 35.5. The molecule has 8 heteroatoms. The van der Waals surface area contributed by atoms with Crippen molar-refractivity contribution >= 4 is 23.5 Å². The topological polar surface area (TPSA) is 69.2 Å². The van der Waals surface area contributed by atoms with Crippen LogP contribution in [0.5, 0.6) is 0 Å². The molecule has 106 valence electrons. The SMILES string of the molecule is CCCNc1nc(Cl)nc(NN2CCN(C)CC2)n1. The molecule has 1 aromatic heterocycles. The van der Waals surface area contributed by atoms with Gasteiger partial charge in [-0.15, -0.1) is 0 Å². The molecule has 1 saturated heterocycles. The maximum absolute atomic E-state index is 5.90. The Bertz CT molecular complexity index is 406. The van der Waals surface area contributed by atoms with Crippen LogP contribution >= 0.6 is 11.6 Å². The molecule has 19 heavy (non-hydrogen) atoms. The van der Waals surface area contributed by atoms with Gasteiger partial charge in [0.2, 0.25) is 17.2 Å². The van der Waals surface area contributed by atoms with Crippen molar-refractivity contribution in [1.29, 1.82) is 0 Å². The molecule has 0 aromatic carbocycles. The maximum atomic E-state index is 5.90. The maximum Gasteiger partial charge on any atom is 0.243 e. The van der Waals surface area contributed by atoms with Gasteiger partial charge in [-0.1, -0.05) is 6.92 Å². The number of hydrogen-bond acceptors (Lipinski definition) is 7. The van der Waals surface area contributed by atoms with Crippen molar-refractivity contribution in [1.82, 2.24) is 24.9 Å². The fraction of sp³-hybridized carbons (Fsp3) is 0.727. The Hall–Kier alpha value is -1.18. The quantitative estimate of drug-likeness (QED) is 0.834. The van der Waals surface area contributed by atoms with Crippen LogP contribution in [0.4, 0.5) is 11.9 Å². The van der Waals surface area contributed by atoms with E-state index in [9.17, 15) is 0 Å². The minimum absolute atomic E-state index is 0.199. The Morgan fingerprint density at radius 2 is 1.79 bits per heavy atom. The lowest BCUT2D eigenvalue weighted by Gasteiger charge is -2.32. The summed E-state index contributed by atoms with van der Waals surface area (Å²) in [7, 11) is 2.11. The summed E-state index contributed by atoms with van der Waals surface area (Å²) in [5.41, 5.74) is 3.18. The zero-order valence-electron chi connectivity index (χ0n) is 11.4. The molecule has 7 nitrogen and oxygen atoms in total.